The van der Waals surface area contributed by atoms with Crippen molar-refractivity contribution in [2.24, 2.45) is 0 Å². The molecule has 1 N–H and O–H groups in total. The third-order valence-corrected chi connectivity index (χ3v) is 4.53. The second-order valence-corrected chi connectivity index (χ2v) is 6.03. The maximum Gasteiger partial charge on any atom is 0.416 e. The molecule has 2 aliphatic heterocycles. The van der Waals surface area contributed by atoms with Gasteiger partial charge in [-0.15, -0.1) is 0 Å². The fourth-order valence-electron chi connectivity index (χ4n) is 3.19. The monoisotopic (exact) mass is 331 g/mol. The number of alkyl halides is 4. The number of hydrogen-bond donors (Lipinski definition) is 1. The molecule has 1 amide bonds. The number of carbonyl (C=O) groups excluding carboxylic acids is 1. The van der Waals surface area contributed by atoms with Crippen molar-refractivity contribution >= 4 is 11.6 Å². The largest absolute Gasteiger partial charge is 0.416 e. The summed E-state index contributed by atoms with van der Waals surface area (Å²) in [5.74, 6) is -0.443. The van der Waals surface area contributed by atoms with Crippen molar-refractivity contribution in [1.82, 2.24) is 10.2 Å². The molecule has 1 saturated heterocycles. The van der Waals surface area contributed by atoms with Crippen LogP contribution in [0.5, 0.6) is 0 Å². The third kappa shape index (κ3) is 2.65. The van der Waals surface area contributed by atoms with Crippen LogP contribution in [-0.2, 0) is 12.7 Å². The SMILES string of the molecule is CN1Cc2c(cc(N(C)C3CNCC3F)cc2C(F)(F)F)C1=O. The minimum atomic E-state index is -4.56. The number of fused-ring (bicyclic) bond motifs is 1. The van der Waals surface area contributed by atoms with E-state index in [0.29, 0.717) is 6.54 Å². The zero-order chi connectivity index (χ0) is 16.9. The summed E-state index contributed by atoms with van der Waals surface area (Å²) in [6.07, 6.45) is -5.73. The number of carbonyl (C=O) groups is 1. The van der Waals surface area contributed by atoms with Crippen molar-refractivity contribution in [3.05, 3.63) is 28.8 Å². The van der Waals surface area contributed by atoms with Gasteiger partial charge in [0, 0.05) is 45.0 Å². The van der Waals surface area contributed by atoms with Crippen molar-refractivity contribution in [3.8, 4) is 0 Å². The first-order chi connectivity index (χ1) is 10.7. The molecule has 1 fully saturated rings. The number of nitrogens with zero attached hydrogens (tertiary/aromatic N) is 2. The Hall–Kier alpha value is -1.83. The number of halogens is 4. The lowest BCUT2D eigenvalue weighted by Gasteiger charge is -2.28. The molecule has 1 aromatic carbocycles. The molecule has 4 nitrogen and oxygen atoms in total. The highest BCUT2D eigenvalue weighted by Crippen LogP contribution is 2.40. The fraction of sp³-hybridized carbons (Fsp3) is 0.533. The van der Waals surface area contributed by atoms with E-state index in [0.717, 1.165) is 6.07 Å². The number of rotatable bonds is 2. The van der Waals surface area contributed by atoms with Crippen molar-refractivity contribution in [2.75, 3.05) is 32.1 Å². The topological polar surface area (TPSA) is 35.6 Å². The van der Waals surface area contributed by atoms with E-state index in [9.17, 15) is 22.4 Å². The smallest absolute Gasteiger partial charge is 0.367 e. The van der Waals surface area contributed by atoms with Crippen molar-refractivity contribution < 1.29 is 22.4 Å². The molecule has 2 heterocycles. The van der Waals surface area contributed by atoms with Crippen LogP contribution in [0.1, 0.15) is 21.5 Å². The quantitative estimate of drug-likeness (QED) is 0.843. The van der Waals surface area contributed by atoms with Gasteiger partial charge in [0.05, 0.1) is 11.6 Å². The minimum Gasteiger partial charge on any atom is -0.367 e. The van der Waals surface area contributed by atoms with Crippen molar-refractivity contribution in [3.63, 3.8) is 0 Å². The summed E-state index contributed by atoms with van der Waals surface area (Å²) < 4.78 is 53.9. The lowest BCUT2D eigenvalue weighted by Crippen LogP contribution is -2.39. The van der Waals surface area contributed by atoms with E-state index >= 15 is 0 Å². The van der Waals surface area contributed by atoms with Crippen LogP contribution in [0.2, 0.25) is 0 Å². The summed E-state index contributed by atoms with van der Waals surface area (Å²) in [4.78, 5) is 14.8. The summed E-state index contributed by atoms with van der Waals surface area (Å²) in [7, 11) is 3.01. The molecule has 8 heteroatoms. The third-order valence-electron chi connectivity index (χ3n) is 4.53. The summed E-state index contributed by atoms with van der Waals surface area (Å²) >= 11 is 0. The number of nitrogens with one attached hydrogen (secondary N) is 1. The Morgan fingerprint density at radius 3 is 2.57 bits per heavy atom. The molecule has 2 unspecified atom stereocenters. The first kappa shape index (κ1) is 16.0. The van der Waals surface area contributed by atoms with Crippen LogP contribution >= 0.6 is 0 Å². The Labute approximate surface area is 131 Å². The van der Waals surface area contributed by atoms with Crippen LogP contribution in [0.15, 0.2) is 12.1 Å². The Morgan fingerprint density at radius 2 is 2.00 bits per heavy atom. The summed E-state index contributed by atoms with van der Waals surface area (Å²) in [5.41, 5.74) is -0.582. The summed E-state index contributed by atoms with van der Waals surface area (Å²) in [6.45, 7) is 0.460. The van der Waals surface area contributed by atoms with Gasteiger partial charge in [-0.25, -0.2) is 4.39 Å². The van der Waals surface area contributed by atoms with Gasteiger partial charge < -0.3 is 15.1 Å². The molecule has 0 aromatic heterocycles. The van der Waals surface area contributed by atoms with Gasteiger partial charge in [0.2, 0.25) is 0 Å². The number of likely N-dealkylation sites (N-methyl/N-ethyl adjacent to an activating group) is 1. The Bertz CT molecular complexity index is 646. The number of anilines is 1. The van der Waals surface area contributed by atoms with Gasteiger partial charge in [0.15, 0.2) is 0 Å². The van der Waals surface area contributed by atoms with Gasteiger partial charge in [0.25, 0.3) is 5.91 Å². The van der Waals surface area contributed by atoms with Gasteiger partial charge in [0.1, 0.15) is 6.17 Å². The molecule has 2 aliphatic rings. The van der Waals surface area contributed by atoms with Crippen LogP contribution < -0.4 is 10.2 Å². The molecule has 3 rings (SSSR count). The molecule has 1 aromatic rings. The molecule has 0 radical (unpaired) electrons. The normalized spacial score (nSPS) is 24.3. The van der Waals surface area contributed by atoms with Gasteiger partial charge in [-0.3, -0.25) is 4.79 Å². The van der Waals surface area contributed by atoms with Crippen LogP contribution in [0.3, 0.4) is 0 Å². The zero-order valence-electron chi connectivity index (χ0n) is 12.7. The standard InChI is InChI=1S/C15H17F4N3O/c1-21-7-10-9(14(21)23)3-8(4-11(10)15(17,18)19)22(2)13-6-20-5-12(13)16/h3-4,12-13,20H,5-7H2,1-2H3. The Morgan fingerprint density at radius 1 is 1.30 bits per heavy atom. The highest BCUT2D eigenvalue weighted by molar-refractivity contribution is 5.99. The fourth-order valence-corrected chi connectivity index (χ4v) is 3.19. The van der Waals surface area contributed by atoms with Crippen molar-refractivity contribution in [1.29, 1.82) is 0 Å². The number of amides is 1. The molecule has 126 valence electrons. The molecule has 0 saturated carbocycles. The van der Waals surface area contributed by atoms with E-state index < -0.39 is 29.9 Å². The highest BCUT2D eigenvalue weighted by Gasteiger charge is 2.40. The predicted molar refractivity (Wildman–Crippen MR) is 77.2 cm³/mol. The van der Waals surface area contributed by atoms with Gasteiger partial charge in [-0.05, 0) is 17.7 Å². The van der Waals surface area contributed by atoms with Gasteiger partial charge >= 0.3 is 6.18 Å². The van der Waals surface area contributed by atoms with Gasteiger partial charge in [-0.1, -0.05) is 0 Å². The molecule has 0 spiro atoms. The Balaban J connectivity index is 2.07. The molecule has 0 bridgehead atoms. The van der Waals surface area contributed by atoms with Crippen LogP contribution in [0, 0.1) is 0 Å². The van der Waals surface area contributed by atoms with E-state index in [1.807, 2.05) is 0 Å². The van der Waals surface area contributed by atoms with E-state index in [-0.39, 0.29) is 29.9 Å². The molecule has 0 aliphatic carbocycles. The average Bonchev–Trinajstić information content (AvgIpc) is 3.01. The van der Waals surface area contributed by atoms with E-state index in [2.05, 4.69) is 5.32 Å². The number of hydrogen-bond acceptors (Lipinski definition) is 3. The van der Waals surface area contributed by atoms with Crippen LogP contribution in [0.4, 0.5) is 23.2 Å². The first-order valence-electron chi connectivity index (χ1n) is 7.27. The average molecular weight is 331 g/mol. The second kappa shape index (κ2) is 5.36. The molecular formula is C15H17F4N3O. The zero-order valence-corrected chi connectivity index (χ0v) is 12.7. The second-order valence-electron chi connectivity index (χ2n) is 6.03. The van der Waals surface area contributed by atoms with Crippen LogP contribution in [0.25, 0.3) is 0 Å². The minimum absolute atomic E-state index is 0.0107. The van der Waals surface area contributed by atoms with Crippen LogP contribution in [-0.4, -0.2) is 50.2 Å². The summed E-state index contributed by atoms with van der Waals surface area (Å²) in [6, 6.07) is 1.89. The Kier molecular flexibility index (Phi) is 3.74. The molecule has 23 heavy (non-hydrogen) atoms. The highest BCUT2D eigenvalue weighted by atomic mass is 19.4. The first-order valence-corrected chi connectivity index (χ1v) is 7.27. The molecule has 2 atom stereocenters. The van der Waals surface area contributed by atoms with E-state index in [1.54, 1.807) is 7.05 Å². The maximum absolute atomic E-state index is 13.9. The van der Waals surface area contributed by atoms with E-state index in [4.69, 9.17) is 0 Å². The number of benzene rings is 1. The van der Waals surface area contributed by atoms with Crippen molar-refractivity contribution in [2.45, 2.75) is 24.9 Å². The maximum atomic E-state index is 13.9. The lowest BCUT2D eigenvalue weighted by molar-refractivity contribution is -0.138. The summed E-state index contributed by atoms with van der Waals surface area (Å²) in [5, 5.41) is 2.87. The van der Waals surface area contributed by atoms with E-state index in [1.165, 1.54) is 22.9 Å². The predicted octanol–water partition coefficient (Wildman–Crippen LogP) is 2.04. The molecular weight excluding hydrogens is 314 g/mol. The van der Waals surface area contributed by atoms with Gasteiger partial charge in [-0.2, -0.15) is 13.2 Å². The lowest BCUT2D eigenvalue weighted by atomic mass is 10.0.